The molecule has 0 saturated heterocycles. The van der Waals surface area contributed by atoms with Gasteiger partial charge in [0, 0.05) is 13.6 Å². The summed E-state index contributed by atoms with van der Waals surface area (Å²) in [5, 5.41) is 2.89. The number of hydrogen-bond donors (Lipinski definition) is 1. The molecule has 1 N–H and O–H groups in total. The highest BCUT2D eigenvalue weighted by Gasteiger charge is 2.21. The summed E-state index contributed by atoms with van der Waals surface area (Å²) in [6.45, 7) is 3.91. The fraction of sp³-hybridized carbons (Fsp3) is 0.350. The Morgan fingerprint density at radius 3 is 2.65 bits per heavy atom. The van der Waals surface area contributed by atoms with Crippen molar-refractivity contribution in [2.45, 2.75) is 19.6 Å². The number of ether oxygens (including phenoxy) is 3. The van der Waals surface area contributed by atoms with Gasteiger partial charge in [0.15, 0.2) is 17.6 Å². The Morgan fingerprint density at radius 1 is 1.19 bits per heavy atom. The van der Waals surface area contributed by atoms with E-state index in [1.807, 2.05) is 55.5 Å². The lowest BCUT2D eigenvalue weighted by Crippen LogP contribution is -2.44. The van der Waals surface area contributed by atoms with Crippen LogP contribution in [0.25, 0.3) is 0 Å². The normalized spacial score (nSPS) is 15.2. The first kappa shape index (κ1) is 17.9. The predicted octanol–water partition coefficient (Wildman–Crippen LogP) is 3.07. The number of fused-ring (bicyclic) bond motifs is 1. The van der Waals surface area contributed by atoms with Gasteiger partial charge in [0.1, 0.15) is 12.4 Å². The molecule has 0 fully saturated rings. The van der Waals surface area contributed by atoms with E-state index in [0.29, 0.717) is 32.1 Å². The zero-order valence-corrected chi connectivity index (χ0v) is 15.1. The van der Waals surface area contributed by atoms with Crippen molar-refractivity contribution in [3.8, 4) is 17.2 Å². The maximum Gasteiger partial charge on any atom is 0.317 e. The third kappa shape index (κ3) is 4.59. The third-order valence-corrected chi connectivity index (χ3v) is 4.05. The topological polar surface area (TPSA) is 60.0 Å². The average Bonchev–Trinajstić information content (AvgIpc) is 2.67. The monoisotopic (exact) mass is 356 g/mol. The maximum absolute atomic E-state index is 12.3. The molecule has 1 aliphatic heterocycles. The number of urea groups is 1. The van der Waals surface area contributed by atoms with E-state index >= 15 is 0 Å². The number of benzene rings is 2. The highest BCUT2D eigenvalue weighted by molar-refractivity contribution is 5.73. The number of carbonyl (C=O) groups excluding carboxylic acids is 1. The molecule has 0 bridgehead atoms. The van der Waals surface area contributed by atoms with Gasteiger partial charge in [-0.25, -0.2) is 4.79 Å². The van der Waals surface area contributed by atoms with Crippen molar-refractivity contribution in [3.63, 3.8) is 0 Å². The largest absolute Gasteiger partial charge is 0.494 e. The van der Waals surface area contributed by atoms with Gasteiger partial charge in [-0.2, -0.15) is 0 Å². The Kier molecular flexibility index (Phi) is 5.84. The van der Waals surface area contributed by atoms with Gasteiger partial charge >= 0.3 is 6.03 Å². The molecule has 0 aliphatic carbocycles. The predicted molar refractivity (Wildman–Crippen MR) is 98.8 cm³/mol. The number of amides is 2. The average molecular weight is 356 g/mol. The molecule has 0 saturated carbocycles. The lowest BCUT2D eigenvalue weighted by molar-refractivity contribution is 0.0904. The quantitative estimate of drug-likeness (QED) is 0.864. The second kappa shape index (κ2) is 8.47. The van der Waals surface area contributed by atoms with Crippen LogP contribution in [-0.4, -0.2) is 43.8 Å². The summed E-state index contributed by atoms with van der Waals surface area (Å²) < 4.78 is 16.9. The first-order valence-electron chi connectivity index (χ1n) is 8.75. The van der Waals surface area contributed by atoms with E-state index in [1.54, 1.807) is 11.9 Å². The first-order valence-corrected chi connectivity index (χ1v) is 8.75. The fourth-order valence-electron chi connectivity index (χ4n) is 2.70. The molecule has 6 nitrogen and oxygen atoms in total. The highest BCUT2D eigenvalue weighted by atomic mass is 16.6. The minimum Gasteiger partial charge on any atom is -0.494 e. The van der Waals surface area contributed by atoms with Crippen molar-refractivity contribution >= 4 is 6.03 Å². The van der Waals surface area contributed by atoms with Crippen LogP contribution in [0.3, 0.4) is 0 Å². The van der Waals surface area contributed by atoms with E-state index < -0.39 is 0 Å². The van der Waals surface area contributed by atoms with Gasteiger partial charge < -0.3 is 24.4 Å². The van der Waals surface area contributed by atoms with Crippen LogP contribution >= 0.6 is 0 Å². The zero-order chi connectivity index (χ0) is 18.4. The summed E-state index contributed by atoms with van der Waals surface area (Å²) in [6.07, 6.45) is -0.201. The van der Waals surface area contributed by atoms with E-state index in [1.165, 1.54) is 0 Å². The van der Waals surface area contributed by atoms with Crippen molar-refractivity contribution in [1.82, 2.24) is 10.2 Å². The molecule has 0 aromatic heterocycles. The van der Waals surface area contributed by atoms with Crippen LogP contribution in [0.5, 0.6) is 17.2 Å². The van der Waals surface area contributed by atoms with Crippen LogP contribution in [0.2, 0.25) is 0 Å². The summed E-state index contributed by atoms with van der Waals surface area (Å²) in [7, 11) is 1.76. The summed E-state index contributed by atoms with van der Waals surface area (Å²) in [5.74, 6) is 2.28. The lowest BCUT2D eigenvalue weighted by atomic mass is 10.2. The van der Waals surface area contributed by atoms with Gasteiger partial charge in [0.25, 0.3) is 0 Å². The molecule has 1 atom stereocenters. The van der Waals surface area contributed by atoms with Crippen LogP contribution < -0.4 is 19.5 Å². The molecular formula is C20H24N2O4. The Hall–Kier alpha value is -2.89. The van der Waals surface area contributed by atoms with Crippen LogP contribution in [-0.2, 0) is 6.54 Å². The minimum absolute atomic E-state index is 0.152. The van der Waals surface area contributed by atoms with E-state index in [9.17, 15) is 4.79 Å². The van der Waals surface area contributed by atoms with Crippen molar-refractivity contribution in [3.05, 3.63) is 54.1 Å². The van der Waals surface area contributed by atoms with Gasteiger partial charge in [-0.15, -0.1) is 0 Å². The van der Waals surface area contributed by atoms with Gasteiger partial charge in [0.2, 0.25) is 0 Å². The molecule has 138 valence electrons. The maximum atomic E-state index is 12.3. The van der Waals surface area contributed by atoms with Gasteiger partial charge in [0.05, 0.1) is 13.2 Å². The molecule has 1 aliphatic rings. The minimum atomic E-state index is -0.201. The molecular weight excluding hydrogens is 332 g/mol. The molecule has 2 aromatic rings. The highest BCUT2D eigenvalue weighted by Crippen LogP contribution is 2.30. The van der Waals surface area contributed by atoms with Crippen LogP contribution in [0.4, 0.5) is 4.79 Å². The molecule has 3 rings (SSSR count). The summed E-state index contributed by atoms with van der Waals surface area (Å²) in [6, 6.07) is 15.1. The van der Waals surface area contributed by atoms with Crippen LogP contribution in [0.15, 0.2) is 48.5 Å². The zero-order valence-electron chi connectivity index (χ0n) is 15.1. The van der Waals surface area contributed by atoms with Crippen molar-refractivity contribution in [2.24, 2.45) is 0 Å². The number of nitrogens with zero attached hydrogens (tertiary/aromatic N) is 1. The number of carbonyl (C=O) groups is 1. The number of hydrogen-bond acceptors (Lipinski definition) is 4. The van der Waals surface area contributed by atoms with E-state index in [0.717, 1.165) is 17.1 Å². The number of rotatable bonds is 6. The lowest BCUT2D eigenvalue weighted by Gasteiger charge is -2.27. The fourth-order valence-corrected chi connectivity index (χ4v) is 2.70. The van der Waals surface area contributed by atoms with Crippen molar-refractivity contribution < 1.29 is 19.0 Å². The molecule has 1 unspecified atom stereocenters. The Balaban J connectivity index is 1.46. The van der Waals surface area contributed by atoms with Gasteiger partial charge in [-0.05, 0) is 36.8 Å². The third-order valence-electron chi connectivity index (χ3n) is 4.05. The van der Waals surface area contributed by atoms with Gasteiger partial charge in [-0.3, -0.25) is 0 Å². The second-order valence-corrected chi connectivity index (χ2v) is 6.12. The summed E-state index contributed by atoms with van der Waals surface area (Å²) in [4.78, 5) is 13.9. The van der Waals surface area contributed by atoms with Gasteiger partial charge in [-0.1, -0.05) is 24.3 Å². The van der Waals surface area contributed by atoms with E-state index in [4.69, 9.17) is 14.2 Å². The van der Waals surface area contributed by atoms with Crippen LogP contribution in [0, 0.1) is 0 Å². The molecule has 26 heavy (non-hydrogen) atoms. The van der Waals surface area contributed by atoms with E-state index in [2.05, 4.69) is 5.32 Å². The Morgan fingerprint density at radius 2 is 1.92 bits per heavy atom. The van der Waals surface area contributed by atoms with Crippen LogP contribution in [0.1, 0.15) is 12.5 Å². The first-order chi connectivity index (χ1) is 12.7. The number of para-hydroxylation sites is 2. The summed E-state index contributed by atoms with van der Waals surface area (Å²) >= 11 is 0. The molecule has 2 aromatic carbocycles. The smallest absolute Gasteiger partial charge is 0.317 e. The number of nitrogens with one attached hydrogen (secondary N) is 1. The Bertz CT molecular complexity index is 733. The van der Waals surface area contributed by atoms with Crippen molar-refractivity contribution in [1.29, 1.82) is 0 Å². The SMILES string of the molecule is CCOc1ccc(CN(C)C(=O)NCC2COc3ccccc3O2)cc1. The molecule has 0 radical (unpaired) electrons. The standard InChI is InChI=1S/C20H24N2O4/c1-3-24-16-10-8-15(9-11-16)13-22(2)20(23)21-12-17-14-25-18-6-4-5-7-19(18)26-17/h4-11,17H,3,12-14H2,1-2H3,(H,21,23). The van der Waals surface area contributed by atoms with E-state index in [-0.39, 0.29) is 12.1 Å². The molecule has 2 amide bonds. The molecule has 1 heterocycles. The summed E-state index contributed by atoms with van der Waals surface area (Å²) in [5.41, 5.74) is 1.04. The molecule has 6 heteroatoms. The Labute approximate surface area is 153 Å². The van der Waals surface area contributed by atoms with Crippen molar-refractivity contribution in [2.75, 3.05) is 26.8 Å². The molecule has 0 spiro atoms. The second-order valence-electron chi connectivity index (χ2n) is 6.12.